The summed E-state index contributed by atoms with van der Waals surface area (Å²) < 4.78 is 7.68. The number of hydrogen-bond acceptors (Lipinski definition) is 4. The van der Waals surface area contributed by atoms with Gasteiger partial charge in [0.05, 0.1) is 20.4 Å². The highest BCUT2D eigenvalue weighted by Crippen LogP contribution is 2.38. The Hall–Kier alpha value is -2.87. The van der Waals surface area contributed by atoms with E-state index in [2.05, 4.69) is 56.1 Å². The van der Waals surface area contributed by atoms with Gasteiger partial charge in [0.25, 0.3) is 11.1 Å². The number of carbonyl (C=O) groups excluding carboxylic acids is 2. The first kappa shape index (κ1) is 24.8. The Morgan fingerprint density at radius 3 is 2.33 bits per heavy atom. The number of fused-ring (bicyclic) bond motifs is 1. The molecule has 180 valence electrons. The Bertz CT molecular complexity index is 1500. The summed E-state index contributed by atoms with van der Waals surface area (Å²) in [6.07, 6.45) is 1.74. The molecule has 0 spiro atoms. The van der Waals surface area contributed by atoms with E-state index in [1.54, 1.807) is 6.08 Å². The maximum absolute atomic E-state index is 13.0. The molecule has 2 amide bonds. The second-order valence-electron chi connectivity index (χ2n) is 8.43. The van der Waals surface area contributed by atoms with Gasteiger partial charge in [0, 0.05) is 0 Å². The number of aryl methyl sites for hydroxylation is 1. The number of amides is 2. The van der Waals surface area contributed by atoms with Gasteiger partial charge in [-0.3, -0.25) is 14.5 Å². The van der Waals surface area contributed by atoms with E-state index in [0.29, 0.717) is 17.3 Å². The molecule has 1 fully saturated rings. The molecule has 0 saturated carbocycles. The molecule has 1 saturated heterocycles. The molecule has 1 heterocycles. The zero-order chi connectivity index (χ0) is 25.2. The van der Waals surface area contributed by atoms with Crippen molar-refractivity contribution in [3.63, 3.8) is 0 Å². The number of hydrogen-bond donors (Lipinski definition) is 0. The first-order chi connectivity index (χ1) is 17.4. The third kappa shape index (κ3) is 5.14. The lowest BCUT2D eigenvalue weighted by atomic mass is 10.1. The molecule has 4 nitrogen and oxygen atoms in total. The summed E-state index contributed by atoms with van der Waals surface area (Å²) >= 11 is 8.18. The molecule has 0 N–H and O–H groups in total. The van der Waals surface area contributed by atoms with Gasteiger partial charge < -0.3 is 4.74 Å². The number of thioether (sulfide) groups is 1. The molecule has 0 atom stereocenters. The predicted octanol–water partition coefficient (Wildman–Crippen LogP) is 8.49. The first-order valence-corrected chi connectivity index (χ1v) is 13.7. The van der Waals surface area contributed by atoms with E-state index in [1.807, 2.05) is 61.5 Å². The normalized spacial score (nSPS) is 14.8. The van der Waals surface area contributed by atoms with Gasteiger partial charge in [-0.2, -0.15) is 0 Å². The van der Waals surface area contributed by atoms with Gasteiger partial charge in [-0.05, 0) is 102 Å². The Morgan fingerprint density at radius 2 is 1.56 bits per heavy atom. The molecular weight excluding hydrogens is 602 g/mol. The topological polar surface area (TPSA) is 46.6 Å². The summed E-state index contributed by atoms with van der Waals surface area (Å²) in [5.74, 6) is 0.393. The number of benzene rings is 4. The molecule has 0 aromatic heterocycles. The number of carbonyl (C=O) groups is 2. The van der Waals surface area contributed by atoms with Crippen LogP contribution >= 0.6 is 43.6 Å². The highest BCUT2D eigenvalue weighted by molar-refractivity contribution is 9.11. The van der Waals surface area contributed by atoms with Crippen molar-refractivity contribution in [2.45, 2.75) is 20.1 Å². The van der Waals surface area contributed by atoms with E-state index in [9.17, 15) is 9.59 Å². The molecule has 0 bridgehead atoms. The maximum Gasteiger partial charge on any atom is 0.293 e. The van der Waals surface area contributed by atoms with Crippen LogP contribution in [-0.2, 0) is 17.9 Å². The van der Waals surface area contributed by atoms with Crippen LogP contribution in [0.5, 0.6) is 5.75 Å². The van der Waals surface area contributed by atoms with E-state index in [-0.39, 0.29) is 17.7 Å². The molecule has 1 aliphatic heterocycles. The molecule has 36 heavy (non-hydrogen) atoms. The van der Waals surface area contributed by atoms with Crippen LogP contribution in [0, 0.1) is 6.92 Å². The zero-order valence-electron chi connectivity index (χ0n) is 19.3. The van der Waals surface area contributed by atoms with Gasteiger partial charge in [0.2, 0.25) is 0 Å². The van der Waals surface area contributed by atoms with Crippen LogP contribution in [0.15, 0.2) is 92.7 Å². The molecule has 0 aliphatic carbocycles. The van der Waals surface area contributed by atoms with Crippen molar-refractivity contribution < 1.29 is 14.3 Å². The van der Waals surface area contributed by atoms with Crippen molar-refractivity contribution in [2.24, 2.45) is 0 Å². The number of ether oxygens (including phenoxy) is 1. The van der Waals surface area contributed by atoms with E-state index in [0.717, 1.165) is 48.3 Å². The van der Waals surface area contributed by atoms with Crippen molar-refractivity contribution in [2.75, 3.05) is 0 Å². The fourth-order valence-corrected chi connectivity index (χ4v) is 6.40. The largest absolute Gasteiger partial charge is 0.487 e. The van der Waals surface area contributed by atoms with Gasteiger partial charge in [-0.25, -0.2) is 0 Å². The molecule has 4 aromatic carbocycles. The summed E-state index contributed by atoms with van der Waals surface area (Å²) in [4.78, 5) is 27.3. The minimum Gasteiger partial charge on any atom is -0.487 e. The fraction of sp³-hybridized carbons (Fsp3) is 0.103. The summed E-state index contributed by atoms with van der Waals surface area (Å²) in [6.45, 7) is 2.65. The highest BCUT2D eigenvalue weighted by Gasteiger charge is 2.35. The van der Waals surface area contributed by atoms with Crippen LogP contribution in [-0.4, -0.2) is 16.0 Å². The summed E-state index contributed by atoms with van der Waals surface area (Å²) in [7, 11) is 0. The van der Waals surface area contributed by atoms with Gasteiger partial charge in [-0.1, -0.05) is 66.7 Å². The Kier molecular flexibility index (Phi) is 7.32. The van der Waals surface area contributed by atoms with Crippen LogP contribution in [0.4, 0.5) is 4.79 Å². The van der Waals surface area contributed by atoms with E-state index >= 15 is 0 Å². The Balaban J connectivity index is 1.34. The summed E-state index contributed by atoms with van der Waals surface area (Å²) in [6, 6.07) is 25.9. The second kappa shape index (κ2) is 10.6. The number of halogens is 2. The minimum atomic E-state index is -0.281. The summed E-state index contributed by atoms with van der Waals surface area (Å²) in [5, 5.41) is 2.07. The average molecular weight is 623 g/mol. The maximum atomic E-state index is 13.0. The van der Waals surface area contributed by atoms with Crippen molar-refractivity contribution in [1.29, 1.82) is 0 Å². The Morgan fingerprint density at radius 1 is 0.889 bits per heavy atom. The standard InChI is InChI=1S/C29H21Br2NO3S/c1-18-7-2-3-9-21(18)16-32-28(33)26(36-29(32)34)15-19-13-24(30)27(25(31)14-19)35-17-22-11-6-10-20-8-4-5-12-23(20)22/h2-15H,16-17H2,1H3/b26-15-. The monoisotopic (exact) mass is 621 g/mol. The second-order valence-corrected chi connectivity index (χ2v) is 11.1. The Labute approximate surface area is 230 Å². The van der Waals surface area contributed by atoms with Crippen molar-refractivity contribution in [1.82, 2.24) is 4.90 Å². The SMILES string of the molecule is Cc1ccccc1CN1C(=O)S/C(=C\c2cc(Br)c(OCc3cccc4ccccc34)c(Br)c2)C1=O. The van der Waals surface area contributed by atoms with Crippen LogP contribution in [0.25, 0.3) is 16.8 Å². The minimum absolute atomic E-state index is 0.261. The molecule has 7 heteroatoms. The number of nitrogens with zero attached hydrogens (tertiary/aromatic N) is 1. The number of rotatable bonds is 6. The van der Waals surface area contributed by atoms with E-state index < -0.39 is 0 Å². The smallest absolute Gasteiger partial charge is 0.293 e. The van der Waals surface area contributed by atoms with Crippen molar-refractivity contribution in [3.8, 4) is 5.75 Å². The quantitative estimate of drug-likeness (QED) is 0.202. The molecule has 4 aromatic rings. The lowest BCUT2D eigenvalue weighted by Gasteiger charge is -2.14. The highest BCUT2D eigenvalue weighted by atomic mass is 79.9. The first-order valence-electron chi connectivity index (χ1n) is 11.3. The van der Waals surface area contributed by atoms with Crippen molar-refractivity contribution >= 4 is 71.6 Å². The third-order valence-electron chi connectivity index (χ3n) is 6.03. The predicted molar refractivity (Wildman–Crippen MR) is 153 cm³/mol. The van der Waals surface area contributed by atoms with Crippen LogP contribution in [0.2, 0.25) is 0 Å². The molecule has 0 radical (unpaired) electrons. The average Bonchev–Trinajstić information content (AvgIpc) is 3.12. The number of imide groups is 1. The molecule has 1 aliphatic rings. The van der Waals surface area contributed by atoms with Crippen LogP contribution < -0.4 is 4.74 Å². The van der Waals surface area contributed by atoms with Gasteiger partial charge in [-0.15, -0.1) is 0 Å². The van der Waals surface area contributed by atoms with Crippen molar-refractivity contribution in [3.05, 3.63) is 115 Å². The zero-order valence-corrected chi connectivity index (χ0v) is 23.3. The van der Waals surface area contributed by atoms with E-state index in [4.69, 9.17) is 4.74 Å². The van der Waals surface area contributed by atoms with Crippen LogP contribution in [0.3, 0.4) is 0 Å². The lowest BCUT2D eigenvalue weighted by molar-refractivity contribution is -0.123. The molecule has 5 rings (SSSR count). The van der Waals surface area contributed by atoms with E-state index in [1.165, 1.54) is 10.3 Å². The lowest BCUT2D eigenvalue weighted by Crippen LogP contribution is -2.27. The third-order valence-corrected chi connectivity index (χ3v) is 8.12. The molecule has 0 unspecified atom stereocenters. The van der Waals surface area contributed by atoms with Gasteiger partial charge in [0.15, 0.2) is 0 Å². The van der Waals surface area contributed by atoms with Gasteiger partial charge >= 0.3 is 0 Å². The summed E-state index contributed by atoms with van der Waals surface area (Å²) in [5.41, 5.74) is 3.89. The fourth-order valence-electron chi connectivity index (χ4n) is 4.11. The van der Waals surface area contributed by atoms with Gasteiger partial charge in [0.1, 0.15) is 12.4 Å². The van der Waals surface area contributed by atoms with Crippen LogP contribution in [0.1, 0.15) is 22.3 Å². The molecular formula is C29H21Br2NO3S.